The topological polar surface area (TPSA) is 353 Å². The van der Waals surface area contributed by atoms with Crippen LogP contribution in [0.3, 0.4) is 0 Å². The molecule has 6 rings (SSSR count). The highest BCUT2D eigenvalue weighted by Gasteiger charge is 2.59. The zero-order valence-corrected chi connectivity index (χ0v) is 56.7. The molecule has 6 aliphatic rings. The highest BCUT2D eigenvalue weighted by atomic mass is 16.8. The van der Waals surface area contributed by atoms with Crippen LogP contribution in [-0.4, -0.2) is 230 Å². The molecule has 0 aromatic carbocycles. The van der Waals surface area contributed by atoms with Gasteiger partial charge in [0.05, 0.1) is 37.1 Å². The van der Waals surface area contributed by atoms with Crippen LogP contribution < -0.4 is 0 Å². The van der Waals surface area contributed by atoms with Gasteiger partial charge in [0.25, 0.3) is 0 Å². The Balaban J connectivity index is 1.32. The molecule has 0 saturated carbocycles. The smallest absolute Gasteiger partial charge is 0.306 e. The zero-order valence-electron chi connectivity index (χ0n) is 56.7. The summed E-state index contributed by atoms with van der Waals surface area (Å²) in [6.07, 6.45) is -14.5. The Morgan fingerprint density at radius 2 is 0.892 bits per heavy atom. The van der Waals surface area contributed by atoms with Gasteiger partial charge in [-0.15, -0.1) is 0 Å². The third-order valence-corrected chi connectivity index (χ3v) is 19.2. The lowest BCUT2D eigenvalue weighted by atomic mass is 9.95. The Kier molecular flexibility index (Phi) is 35.9. The summed E-state index contributed by atoms with van der Waals surface area (Å²) in [4.78, 5) is 41.7. The molecule has 0 aromatic heterocycles. The van der Waals surface area contributed by atoms with E-state index in [2.05, 4.69) is 20.8 Å². The van der Waals surface area contributed by atoms with Gasteiger partial charge >= 0.3 is 17.9 Å². The SMILES string of the molecule is CCCCCCCCCCCC(=O)OC1C(C)OC(OC2C(C)OC(OC3C(C)OC4OC5C(OC(CCCCC)CCCCCCCCCC(=O)OC3C4O)OC(C)C(O)C5O)C(OC(=O)CCCCCCCCC)C2OC2OC(CO)C(O)C(O)C2O)C(O)C1O. The van der Waals surface area contributed by atoms with Crippen LogP contribution in [0.2, 0.25) is 0 Å². The van der Waals surface area contributed by atoms with E-state index >= 15 is 0 Å². The molecule has 0 amide bonds. The molecular formula is C68H120O25. The van der Waals surface area contributed by atoms with Crippen molar-refractivity contribution in [3.8, 4) is 0 Å². The van der Waals surface area contributed by atoms with Crippen molar-refractivity contribution in [3.63, 3.8) is 0 Å². The second-order valence-electron chi connectivity index (χ2n) is 27.0. The number of esters is 3. The van der Waals surface area contributed by atoms with Crippen molar-refractivity contribution >= 4 is 17.9 Å². The summed E-state index contributed by atoms with van der Waals surface area (Å²) in [6, 6.07) is 0. The molecule has 93 heavy (non-hydrogen) atoms. The van der Waals surface area contributed by atoms with Crippen LogP contribution in [-0.2, 0) is 76.0 Å². The Morgan fingerprint density at radius 1 is 0.409 bits per heavy atom. The fraction of sp³-hybridized carbons (Fsp3) is 0.956. The number of fused-ring (bicyclic) bond motifs is 3. The molecule has 542 valence electrons. The minimum absolute atomic E-state index is 0.0416. The first-order valence-corrected chi connectivity index (χ1v) is 35.9. The molecule has 25 heteroatoms. The number of unbranched alkanes of at least 4 members (excludes halogenated alkanes) is 16. The number of ether oxygens (including phenoxy) is 13. The first kappa shape index (κ1) is 79.6. The van der Waals surface area contributed by atoms with Crippen LogP contribution in [0.1, 0.15) is 248 Å². The van der Waals surface area contributed by atoms with Crippen molar-refractivity contribution in [3.05, 3.63) is 0 Å². The molecule has 0 spiro atoms. The Hall–Kier alpha value is -2.35. The second-order valence-corrected chi connectivity index (χ2v) is 27.0. The first-order valence-electron chi connectivity index (χ1n) is 35.9. The van der Waals surface area contributed by atoms with E-state index in [1.807, 2.05) is 0 Å². The molecule has 6 heterocycles. The molecule has 2 bridgehead atoms. The summed E-state index contributed by atoms with van der Waals surface area (Å²) in [7, 11) is 0. The number of hydrogen-bond donors (Lipinski definition) is 9. The maximum atomic E-state index is 14.4. The van der Waals surface area contributed by atoms with E-state index in [0.717, 1.165) is 116 Å². The number of aliphatic hydroxyl groups is 9. The lowest BCUT2D eigenvalue weighted by Crippen LogP contribution is -2.68. The van der Waals surface area contributed by atoms with E-state index in [4.69, 9.17) is 61.6 Å². The highest BCUT2D eigenvalue weighted by Crippen LogP contribution is 2.40. The van der Waals surface area contributed by atoms with Crippen molar-refractivity contribution in [2.75, 3.05) is 6.61 Å². The average Bonchev–Trinajstić information content (AvgIpc) is 0.786. The van der Waals surface area contributed by atoms with Gasteiger partial charge in [-0.2, -0.15) is 0 Å². The van der Waals surface area contributed by atoms with Crippen molar-refractivity contribution in [1.82, 2.24) is 0 Å². The molecular weight excluding hydrogens is 1220 g/mol. The standard InChI is InChI=1S/C68H120O25/c1-8-11-14-16-18-19-23-27-31-36-46(70)87-57-41(5)82-64(55(79)53(57)77)90-59-43(7)84-68(63(89-48(72)38-33-26-21-17-15-12-9-2)62(59)93-65-54(78)51(75)50(74)45(39-69)86-65)91-58-42(6)83-66-56(80)60(58)88-47(71)37-32-28-24-20-22-25-30-35-44(34-29-13-10-3)85-67-61(92-66)52(76)49(73)40(4)81-67/h40-45,49-69,73-80H,8-39H2,1-7H3. The van der Waals surface area contributed by atoms with Crippen LogP contribution in [0.4, 0.5) is 0 Å². The summed E-state index contributed by atoms with van der Waals surface area (Å²) < 4.78 is 82.6. The fourth-order valence-electron chi connectivity index (χ4n) is 13.4. The van der Waals surface area contributed by atoms with Crippen LogP contribution in [0.15, 0.2) is 0 Å². The summed E-state index contributed by atoms with van der Waals surface area (Å²) >= 11 is 0. The maximum absolute atomic E-state index is 14.4. The van der Waals surface area contributed by atoms with Crippen LogP contribution in [0.5, 0.6) is 0 Å². The molecule has 0 radical (unpaired) electrons. The molecule has 6 aliphatic heterocycles. The van der Waals surface area contributed by atoms with Crippen molar-refractivity contribution < 1.29 is 122 Å². The van der Waals surface area contributed by atoms with Gasteiger partial charge in [-0.25, -0.2) is 0 Å². The van der Waals surface area contributed by atoms with Crippen LogP contribution in [0, 0.1) is 0 Å². The van der Waals surface area contributed by atoms with Crippen molar-refractivity contribution in [2.45, 2.75) is 407 Å². The molecule has 6 fully saturated rings. The predicted molar refractivity (Wildman–Crippen MR) is 335 cm³/mol. The van der Waals surface area contributed by atoms with E-state index in [-0.39, 0.29) is 25.4 Å². The number of rotatable bonds is 31. The minimum Gasteiger partial charge on any atom is -0.457 e. The van der Waals surface area contributed by atoms with Gasteiger partial charge in [0, 0.05) is 19.3 Å². The number of hydrogen-bond acceptors (Lipinski definition) is 25. The van der Waals surface area contributed by atoms with Gasteiger partial charge in [0.1, 0.15) is 79.4 Å². The van der Waals surface area contributed by atoms with Crippen molar-refractivity contribution in [2.24, 2.45) is 0 Å². The summed E-state index contributed by atoms with van der Waals surface area (Å²) in [5.41, 5.74) is 0. The normalized spacial score (nSPS) is 39.4. The van der Waals surface area contributed by atoms with E-state index in [9.17, 15) is 60.3 Å². The molecule has 6 saturated heterocycles. The third-order valence-electron chi connectivity index (χ3n) is 19.2. The highest BCUT2D eigenvalue weighted by molar-refractivity contribution is 5.70. The van der Waals surface area contributed by atoms with Gasteiger partial charge in [0.2, 0.25) is 0 Å². The number of carbonyl (C=O) groups is 3. The van der Waals surface area contributed by atoms with Gasteiger partial charge in [-0.05, 0) is 59.8 Å². The molecule has 0 aromatic rings. The fourth-order valence-corrected chi connectivity index (χ4v) is 13.4. The number of carbonyl (C=O) groups excluding carboxylic acids is 3. The summed E-state index contributed by atoms with van der Waals surface area (Å²) in [5.74, 6) is -2.07. The third kappa shape index (κ3) is 24.2. The van der Waals surface area contributed by atoms with Crippen LogP contribution in [0.25, 0.3) is 0 Å². The lowest BCUT2D eigenvalue weighted by Gasteiger charge is -2.51. The van der Waals surface area contributed by atoms with Gasteiger partial charge in [-0.3, -0.25) is 14.4 Å². The monoisotopic (exact) mass is 1340 g/mol. The first-order chi connectivity index (χ1) is 44.7. The Bertz CT molecular complexity index is 2080. The Labute approximate surface area is 551 Å². The van der Waals surface area contributed by atoms with E-state index in [1.54, 1.807) is 13.8 Å². The quantitative estimate of drug-likeness (QED) is 0.0206. The van der Waals surface area contributed by atoms with E-state index in [1.165, 1.54) is 39.5 Å². The van der Waals surface area contributed by atoms with Crippen molar-refractivity contribution in [1.29, 1.82) is 0 Å². The summed E-state index contributed by atoms with van der Waals surface area (Å²) in [5, 5.41) is 103. The number of aliphatic hydroxyl groups excluding tert-OH is 9. The second kappa shape index (κ2) is 41.9. The minimum atomic E-state index is -2.02. The lowest BCUT2D eigenvalue weighted by molar-refractivity contribution is -0.400. The Morgan fingerprint density at radius 3 is 1.51 bits per heavy atom. The molecule has 0 aliphatic carbocycles. The predicted octanol–water partition coefficient (Wildman–Crippen LogP) is 6.40. The molecule has 25 nitrogen and oxygen atoms in total. The molecule has 26 atom stereocenters. The van der Waals surface area contributed by atoms with Gasteiger partial charge < -0.3 is 108 Å². The van der Waals surface area contributed by atoms with E-state index < -0.39 is 178 Å². The van der Waals surface area contributed by atoms with Gasteiger partial charge in [-0.1, -0.05) is 168 Å². The average molecular weight is 1340 g/mol. The van der Waals surface area contributed by atoms with E-state index in [0.29, 0.717) is 38.5 Å². The van der Waals surface area contributed by atoms with Crippen LogP contribution >= 0.6 is 0 Å². The molecule has 9 N–H and O–H groups in total. The summed E-state index contributed by atoms with van der Waals surface area (Å²) in [6.45, 7) is 11.7. The van der Waals surface area contributed by atoms with Gasteiger partial charge in [0.15, 0.2) is 49.8 Å². The zero-order chi connectivity index (χ0) is 67.6. The largest absolute Gasteiger partial charge is 0.457 e. The molecule has 26 unspecified atom stereocenters. The maximum Gasteiger partial charge on any atom is 0.306 e.